The average molecular weight is 361 g/mol. The van der Waals surface area contributed by atoms with E-state index in [1.165, 1.54) is 6.07 Å². The van der Waals surface area contributed by atoms with Crippen LogP contribution in [0.5, 0.6) is 5.75 Å². The van der Waals surface area contributed by atoms with Crippen molar-refractivity contribution in [2.45, 2.75) is 30.7 Å². The lowest BCUT2D eigenvalue weighted by Gasteiger charge is -2.39. The van der Waals surface area contributed by atoms with E-state index in [1.54, 1.807) is 0 Å². The highest BCUT2D eigenvalue weighted by molar-refractivity contribution is 6.32. The number of aliphatic hydroxyl groups is 3. The number of azide groups is 1. The van der Waals surface area contributed by atoms with Gasteiger partial charge in [-0.15, -0.1) is 0 Å². The third-order valence-corrected chi connectivity index (χ3v) is 3.66. The van der Waals surface area contributed by atoms with Crippen LogP contribution in [0, 0.1) is 10.1 Å². The van der Waals surface area contributed by atoms with E-state index >= 15 is 0 Å². The zero-order valence-electron chi connectivity index (χ0n) is 12.0. The number of aliphatic hydroxyl groups excluding tert-OH is 3. The minimum atomic E-state index is -1.62. The van der Waals surface area contributed by atoms with E-state index in [-0.39, 0.29) is 23.0 Å². The fourth-order valence-electron chi connectivity index (χ4n) is 2.11. The molecule has 3 N–H and O–H groups in total. The molecule has 0 radical (unpaired) electrons. The number of non-ortho nitro benzene ring substituents is 1. The molecule has 1 aromatic carbocycles. The zero-order chi connectivity index (χ0) is 17.9. The monoisotopic (exact) mass is 360 g/mol. The minimum absolute atomic E-state index is 0.0301. The van der Waals surface area contributed by atoms with E-state index in [4.69, 9.17) is 26.6 Å². The van der Waals surface area contributed by atoms with Crippen LogP contribution in [0.2, 0.25) is 5.02 Å². The van der Waals surface area contributed by atoms with Crippen molar-refractivity contribution in [2.75, 3.05) is 6.54 Å². The standard InChI is InChI=1S/C12H13ClN4O7/c13-6-3-5(17(21)22)1-2-7(6)23-12-11(20)10(19)9(18)8(24-12)4-15-16-14/h1-3,8-12,18-20H,4H2/t8?,9-,10+,11?,12-/m1/s1. The summed E-state index contributed by atoms with van der Waals surface area (Å²) in [5.41, 5.74) is 8.06. The Kier molecular flexibility index (Phi) is 5.78. The van der Waals surface area contributed by atoms with Crippen LogP contribution >= 0.6 is 11.6 Å². The third-order valence-electron chi connectivity index (χ3n) is 3.36. The Hall–Kier alpha value is -2.14. The number of halogens is 1. The number of rotatable bonds is 5. The molecule has 1 aromatic rings. The first-order chi connectivity index (χ1) is 11.3. The number of benzene rings is 1. The molecule has 1 aliphatic rings. The molecule has 0 saturated carbocycles. The summed E-state index contributed by atoms with van der Waals surface area (Å²) in [6.07, 6.45) is -7.26. The van der Waals surface area contributed by atoms with Crippen LogP contribution in [-0.4, -0.2) is 57.5 Å². The van der Waals surface area contributed by atoms with Crippen molar-refractivity contribution >= 4 is 17.3 Å². The van der Waals surface area contributed by atoms with Crippen molar-refractivity contribution in [2.24, 2.45) is 5.11 Å². The summed E-state index contributed by atoms with van der Waals surface area (Å²) in [4.78, 5) is 12.6. The lowest BCUT2D eigenvalue weighted by molar-refractivity contribution is -0.384. The van der Waals surface area contributed by atoms with E-state index < -0.39 is 35.6 Å². The van der Waals surface area contributed by atoms with Crippen molar-refractivity contribution in [1.82, 2.24) is 0 Å². The predicted octanol–water partition coefficient (Wildman–Crippen LogP) is 0.745. The molecule has 0 aliphatic carbocycles. The van der Waals surface area contributed by atoms with Crippen LogP contribution in [0.15, 0.2) is 23.3 Å². The summed E-state index contributed by atoms with van der Waals surface area (Å²) < 4.78 is 10.6. The van der Waals surface area contributed by atoms with E-state index in [0.29, 0.717) is 0 Å². The molecular weight excluding hydrogens is 348 g/mol. The maximum absolute atomic E-state index is 10.7. The first-order valence-electron chi connectivity index (χ1n) is 6.66. The Morgan fingerprint density at radius 2 is 2.08 bits per heavy atom. The highest BCUT2D eigenvalue weighted by Gasteiger charge is 2.44. The van der Waals surface area contributed by atoms with Gasteiger partial charge in [0.25, 0.3) is 5.69 Å². The highest BCUT2D eigenvalue weighted by Crippen LogP contribution is 2.32. The van der Waals surface area contributed by atoms with Gasteiger partial charge in [0.2, 0.25) is 6.29 Å². The minimum Gasteiger partial charge on any atom is -0.460 e. The molecule has 2 rings (SSSR count). The molecule has 0 spiro atoms. The van der Waals surface area contributed by atoms with Gasteiger partial charge in [0.1, 0.15) is 24.1 Å². The fourth-order valence-corrected chi connectivity index (χ4v) is 2.33. The van der Waals surface area contributed by atoms with Crippen molar-refractivity contribution in [3.63, 3.8) is 0 Å². The number of nitro benzene ring substituents is 1. The fraction of sp³-hybridized carbons (Fsp3) is 0.500. The number of hydrogen-bond acceptors (Lipinski definition) is 8. The SMILES string of the molecule is [N-]=[N+]=NCC1O[C@@H](Oc2ccc([N+](=O)[O-])cc2Cl)C(O)[C@@H](O)[C@@H]1O. The van der Waals surface area contributed by atoms with Gasteiger partial charge >= 0.3 is 0 Å². The Morgan fingerprint density at radius 1 is 1.38 bits per heavy atom. The van der Waals surface area contributed by atoms with E-state index in [9.17, 15) is 25.4 Å². The molecule has 5 atom stereocenters. The molecule has 12 heteroatoms. The maximum Gasteiger partial charge on any atom is 0.271 e. The molecular formula is C12H13ClN4O7. The van der Waals surface area contributed by atoms with Gasteiger partial charge in [-0.2, -0.15) is 0 Å². The van der Waals surface area contributed by atoms with Crippen molar-refractivity contribution in [3.8, 4) is 5.75 Å². The molecule has 2 unspecified atom stereocenters. The Bertz CT molecular complexity index is 669. The second-order valence-electron chi connectivity index (χ2n) is 4.92. The van der Waals surface area contributed by atoms with Crippen molar-refractivity contribution < 1.29 is 29.7 Å². The van der Waals surface area contributed by atoms with Gasteiger partial charge in [-0.1, -0.05) is 16.7 Å². The first-order valence-corrected chi connectivity index (χ1v) is 7.04. The Labute approximate surface area is 139 Å². The highest BCUT2D eigenvalue weighted by atomic mass is 35.5. The van der Waals surface area contributed by atoms with Gasteiger partial charge in [0.15, 0.2) is 0 Å². The molecule has 11 nitrogen and oxygen atoms in total. The molecule has 24 heavy (non-hydrogen) atoms. The Balaban J connectivity index is 2.18. The lowest BCUT2D eigenvalue weighted by atomic mass is 9.99. The van der Waals surface area contributed by atoms with Gasteiger partial charge in [-0.25, -0.2) is 0 Å². The molecule has 1 saturated heterocycles. The van der Waals surface area contributed by atoms with Gasteiger partial charge in [-0.05, 0) is 11.6 Å². The van der Waals surface area contributed by atoms with Crippen LogP contribution in [-0.2, 0) is 4.74 Å². The average Bonchev–Trinajstić information content (AvgIpc) is 2.55. The lowest BCUT2D eigenvalue weighted by Crippen LogP contribution is -2.59. The number of nitrogens with zero attached hydrogens (tertiary/aromatic N) is 4. The molecule has 0 aromatic heterocycles. The second kappa shape index (κ2) is 7.62. The van der Waals surface area contributed by atoms with Crippen LogP contribution < -0.4 is 4.74 Å². The first kappa shape index (κ1) is 18.2. The second-order valence-corrected chi connectivity index (χ2v) is 5.33. The summed E-state index contributed by atoms with van der Waals surface area (Å²) in [6.45, 7) is -0.296. The normalized spacial score (nSPS) is 29.6. The van der Waals surface area contributed by atoms with Crippen LogP contribution in [0.3, 0.4) is 0 Å². The Morgan fingerprint density at radius 3 is 2.67 bits per heavy atom. The largest absolute Gasteiger partial charge is 0.460 e. The smallest absolute Gasteiger partial charge is 0.271 e. The molecule has 130 valence electrons. The molecule has 0 bridgehead atoms. The quantitative estimate of drug-likeness (QED) is 0.228. The zero-order valence-corrected chi connectivity index (χ0v) is 12.7. The number of hydrogen-bond donors (Lipinski definition) is 3. The van der Waals surface area contributed by atoms with E-state index in [0.717, 1.165) is 12.1 Å². The topological polar surface area (TPSA) is 171 Å². The van der Waals surface area contributed by atoms with Crippen molar-refractivity contribution in [3.05, 3.63) is 43.8 Å². The molecule has 0 amide bonds. The summed E-state index contributed by atoms with van der Waals surface area (Å²) in [6, 6.07) is 3.39. The molecule has 1 aliphatic heterocycles. The van der Waals surface area contributed by atoms with Crippen LogP contribution in [0.4, 0.5) is 5.69 Å². The predicted molar refractivity (Wildman–Crippen MR) is 79.4 cm³/mol. The van der Waals surface area contributed by atoms with E-state index in [2.05, 4.69) is 10.0 Å². The maximum atomic E-state index is 10.7. The van der Waals surface area contributed by atoms with Gasteiger partial charge < -0.3 is 24.8 Å². The molecule has 1 fully saturated rings. The molecule has 1 heterocycles. The van der Waals surface area contributed by atoms with Gasteiger partial charge in [0, 0.05) is 17.0 Å². The van der Waals surface area contributed by atoms with Gasteiger partial charge in [-0.3, -0.25) is 10.1 Å². The van der Waals surface area contributed by atoms with Crippen LogP contribution in [0.25, 0.3) is 10.4 Å². The summed E-state index contributed by atoms with van der Waals surface area (Å²) in [7, 11) is 0. The summed E-state index contributed by atoms with van der Waals surface area (Å²) in [5.74, 6) is -0.0301. The van der Waals surface area contributed by atoms with Gasteiger partial charge in [0.05, 0.1) is 22.6 Å². The summed E-state index contributed by atoms with van der Waals surface area (Å²) >= 11 is 5.88. The third kappa shape index (κ3) is 3.85. The number of ether oxygens (including phenoxy) is 2. The number of nitro groups is 1. The van der Waals surface area contributed by atoms with Crippen molar-refractivity contribution in [1.29, 1.82) is 0 Å². The summed E-state index contributed by atoms with van der Waals surface area (Å²) in [5, 5.41) is 43.4. The van der Waals surface area contributed by atoms with Crippen LogP contribution in [0.1, 0.15) is 0 Å². The van der Waals surface area contributed by atoms with E-state index in [1.807, 2.05) is 0 Å².